The summed E-state index contributed by atoms with van der Waals surface area (Å²) in [4.78, 5) is 20.3. The third kappa shape index (κ3) is 5.29. The summed E-state index contributed by atoms with van der Waals surface area (Å²) < 4.78 is 27.6. The van der Waals surface area contributed by atoms with Crippen LogP contribution in [-0.2, 0) is 11.3 Å². The molecule has 9 nitrogen and oxygen atoms in total. The van der Waals surface area contributed by atoms with Crippen molar-refractivity contribution in [1.29, 1.82) is 0 Å². The number of piperidine rings is 1. The zero-order valence-corrected chi connectivity index (χ0v) is 21.9. The number of hydrogen-bond donors (Lipinski definition) is 1. The number of aryl methyl sites for hydroxylation is 1. The van der Waals surface area contributed by atoms with Crippen molar-refractivity contribution in [2.75, 3.05) is 40.4 Å². The SMILES string of the molecule is CCOc1nc(C)c2nc(-c3cncc(F)c3)n(CC3=C(OC)C=C(CC4CCNCC4)N(C)C3)c2n1. The van der Waals surface area contributed by atoms with Gasteiger partial charge in [0.1, 0.15) is 22.9 Å². The monoisotopic (exact) mass is 507 g/mol. The van der Waals surface area contributed by atoms with Gasteiger partial charge in [0.05, 0.1) is 32.2 Å². The molecule has 0 bridgehead atoms. The summed E-state index contributed by atoms with van der Waals surface area (Å²) >= 11 is 0. The molecular weight excluding hydrogens is 473 g/mol. The molecule has 1 fully saturated rings. The Morgan fingerprint density at radius 1 is 1.16 bits per heavy atom. The van der Waals surface area contributed by atoms with Crippen molar-refractivity contribution in [3.8, 4) is 17.4 Å². The molecule has 0 amide bonds. The fourth-order valence-corrected chi connectivity index (χ4v) is 5.16. The lowest BCUT2D eigenvalue weighted by molar-refractivity contribution is 0.273. The van der Waals surface area contributed by atoms with Crippen LogP contribution < -0.4 is 10.1 Å². The maximum absolute atomic E-state index is 14.2. The van der Waals surface area contributed by atoms with Crippen LogP contribution in [0.1, 0.15) is 31.9 Å². The molecule has 0 radical (unpaired) electrons. The maximum atomic E-state index is 14.2. The molecule has 3 aromatic heterocycles. The van der Waals surface area contributed by atoms with Crippen LogP contribution in [0.25, 0.3) is 22.6 Å². The lowest BCUT2D eigenvalue weighted by Crippen LogP contribution is -2.32. The van der Waals surface area contributed by atoms with E-state index < -0.39 is 5.82 Å². The van der Waals surface area contributed by atoms with Crippen molar-refractivity contribution in [1.82, 2.24) is 34.7 Å². The zero-order chi connectivity index (χ0) is 25.9. The largest absolute Gasteiger partial charge is 0.497 e. The minimum absolute atomic E-state index is 0.295. The number of nitrogens with one attached hydrogen (secondary N) is 1. The summed E-state index contributed by atoms with van der Waals surface area (Å²) in [6.45, 7) is 7.56. The Labute approximate surface area is 216 Å². The van der Waals surface area contributed by atoms with E-state index in [1.54, 1.807) is 13.3 Å². The molecule has 0 aliphatic carbocycles. The summed E-state index contributed by atoms with van der Waals surface area (Å²) in [6.07, 6.45) is 8.38. The van der Waals surface area contributed by atoms with E-state index in [9.17, 15) is 4.39 Å². The molecule has 5 rings (SSSR count). The van der Waals surface area contributed by atoms with Gasteiger partial charge in [-0.2, -0.15) is 9.97 Å². The van der Waals surface area contributed by atoms with Crippen LogP contribution in [0.2, 0.25) is 0 Å². The van der Waals surface area contributed by atoms with Crippen LogP contribution in [0.5, 0.6) is 6.01 Å². The van der Waals surface area contributed by atoms with Crippen LogP contribution in [0.3, 0.4) is 0 Å². The van der Waals surface area contributed by atoms with Gasteiger partial charge in [0.2, 0.25) is 0 Å². The average molecular weight is 508 g/mol. The normalized spacial score (nSPS) is 16.9. The lowest BCUT2D eigenvalue weighted by atomic mass is 9.91. The van der Waals surface area contributed by atoms with E-state index >= 15 is 0 Å². The third-order valence-corrected chi connectivity index (χ3v) is 7.07. The molecule has 0 unspecified atom stereocenters. The van der Waals surface area contributed by atoms with E-state index in [1.165, 1.54) is 30.8 Å². The van der Waals surface area contributed by atoms with E-state index in [2.05, 4.69) is 38.3 Å². The number of imidazole rings is 1. The topological polar surface area (TPSA) is 90.2 Å². The van der Waals surface area contributed by atoms with Crippen LogP contribution in [0.4, 0.5) is 4.39 Å². The predicted molar refractivity (Wildman–Crippen MR) is 139 cm³/mol. The first kappa shape index (κ1) is 25.1. The summed E-state index contributed by atoms with van der Waals surface area (Å²) in [5.41, 5.74) is 4.91. The molecular formula is C27H34FN7O2. The second kappa shape index (κ2) is 10.8. The van der Waals surface area contributed by atoms with Gasteiger partial charge in [-0.05, 0) is 64.3 Å². The average Bonchev–Trinajstić information content (AvgIpc) is 3.25. The van der Waals surface area contributed by atoms with E-state index in [-0.39, 0.29) is 0 Å². The quantitative estimate of drug-likeness (QED) is 0.492. The van der Waals surface area contributed by atoms with Gasteiger partial charge < -0.3 is 24.3 Å². The molecule has 0 spiro atoms. The fourth-order valence-electron chi connectivity index (χ4n) is 5.16. The number of methoxy groups -OCH3 is 1. The molecule has 5 heterocycles. The van der Waals surface area contributed by atoms with Crippen molar-refractivity contribution in [3.05, 3.63) is 53.1 Å². The Kier molecular flexibility index (Phi) is 7.36. The van der Waals surface area contributed by atoms with Crippen LogP contribution >= 0.6 is 0 Å². The van der Waals surface area contributed by atoms with Gasteiger partial charge in [-0.1, -0.05) is 0 Å². The Hall–Kier alpha value is -3.53. The molecule has 1 N–H and O–H groups in total. The molecule has 0 aromatic carbocycles. The molecule has 2 aliphatic heterocycles. The number of halogens is 1. The van der Waals surface area contributed by atoms with Gasteiger partial charge in [0.15, 0.2) is 5.65 Å². The standard InChI is InChI=1S/C27H34FN7O2/c1-5-37-27-31-17(2)24-26(33-27)35(25(32-24)19-11-21(28)14-30-13-19)16-20-15-34(3)22(12-23(20)36-4)10-18-6-8-29-9-7-18/h11-14,18,29H,5-10,15-16H2,1-4H3. The maximum Gasteiger partial charge on any atom is 0.318 e. The molecule has 37 heavy (non-hydrogen) atoms. The summed E-state index contributed by atoms with van der Waals surface area (Å²) in [6, 6.07) is 1.73. The number of pyridine rings is 1. The van der Waals surface area contributed by atoms with E-state index in [0.717, 1.165) is 30.8 Å². The number of hydrogen-bond acceptors (Lipinski definition) is 8. The third-order valence-electron chi connectivity index (χ3n) is 7.07. The highest BCUT2D eigenvalue weighted by atomic mass is 19.1. The first-order valence-corrected chi connectivity index (χ1v) is 12.8. The highest BCUT2D eigenvalue weighted by Gasteiger charge is 2.25. The molecule has 3 aromatic rings. The molecule has 10 heteroatoms. The first-order chi connectivity index (χ1) is 18.0. The van der Waals surface area contributed by atoms with Crippen LogP contribution in [0.15, 0.2) is 41.6 Å². The van der Waals surface area contributed by atoms with Gasteiger partial charge in [-0.15, -0.1) is 0 Å². The molecule has 1 saturated heterocycles. The van der Waals surface area contributed by atoms with E-state index in [1.807, 2.05) is 18.4 Å². The van der Waals surface area contributed by atoms with Gasteiger partial charge in [0.25, 0.3) is 0 Å². The zero-order valence-electron chi connectivity index (χ0n) is 21.9. The number of allylic oxidation sites excluding steroid dienone is 2. The number of fused-ring (bicyclic) bond motifs is 1. The minimum atomic E-state index is -0.423. The summed E-state index contributed by atoms with van der Waals surface area (Å²) in [7, 11) is 3.84. The fraction of sp³-hybridized carbons (Fsp3) is 0.481. The molecule has 0 saturated carbocycles. The second-order valence-electron chi connectivity index (χ2n) is 9.67. The summed E-state index contributed by atoms with van der Waals surface area (Å²) in [5.74, 6) is 1.68. The Bertz CT molecular complexity index is 1340. The number of rotatable bonds is 8. The Morgan fingerprint density at radius 3 is 2.70 bits per heavy atom. The van der Waals surface area contributed by atoms with E-state index in [4.69, 9.17) is 14.5 Å². The van der Waals surface area contributed by atoms with Gasteiger partial charge in [-0.3, -0.25) is 4.98 Å². The number of nitrogens with zero attached hydrogens (tertiary/aromatic N) is 6. The van der Waals surface area contributed by atoms with Crippen molar-refractivity contribution < 1.29 is 13.9 Å². The van der Waals surface area contributed by atoms with Crippen LogP contribution in [-0.4, -0.2) is 69.8 Å². The van der Waals surface area contributed by atoms with Crippen molar-refractivity contribution in [3.63, 3.8) is 0 Å². The number of likely N-dealkylation sites (N-methyl/N-ethyl adjacent to an activating group) is 1. The molecule has 2 aliphatic rings. The Morgan fingerprint density at radius 2 is 1.97 bits per heavy atom. The molecule has 0 atom stereocenters. The van der Waals surface area contributed by atoms with Gasteiger partial charge in [-0.25, -0.2) is 9.37 Å². The van der Waals surface area contributed by atoms with Crippen molar-refractivity contribution >= 4 is 11.2 Å². The van der Waals surface area contributed by atoms with Gasteiger partial charge >= 0.3 is 6.01 Å². The van der Waals surface area contributed by atoms with Crippen LogP contribution in [0, 0.1) is 18.7 Å². The first-order valence-electron chi connectivity index (χ1n) is 12.8. The molecule has 196 valence electrons. The minimum Gasteiger partial charge on any atom is -0.497 e. The highest BCUT2D eigenvalue weighted by Crippen LogP contribution is 2.32. The van der Waals surface area contributed by atoms with E-state index in [0.29, 0.717) is 59.9 Å². The Balaban J connectivity index is 1.58. The number of aromatic nitrogens is 5. The second-order valence-corrected chi connectivity index (χ2v) is 9.67. The van der Waals surface area contributed by atoms with Crippen molar-refractivity contribution in [2.24, 2.45) is 5.92 Å². The predicted octanol–water partition coefficient (Wildman–Crippen LogP) is 3.85. The lowest BCUT2D eigenvalue weighted by Gasteiger charge is -2.33. The van der Waals surface area contributed by atoms with Crippen molar-refractivity contribution in [2.45, 2.75) is 39.7 Å². The summed E-state index contributed by atoms with van der Waals surface area (Å²) in [5, 5.41) is 3.44. The smallest absolute Gasteiger partial charge is 0.318 e. The van der Waals surface area contributed by atoms with Gasteiger partial charge in [0, 0.05) is 36.6 Å². The highest BCUT2D eigenvalue weighted by molar-refractivity contribution is 5.79. The number of ether oxygens (including phenoxy) is 2.